The Labute approximate surface area is 138 Å². The van der Waals surface area contributed by atoms with Crippen molar-refractivity contribution < 1.29 is 4.39 Å². The van der Waals surface area contributed by atoms with Gasteiger partial charge < -0.3 is 5.32 Å². The number of rotatable bonds is 6. The van der Waals surface area contributed by atoms with Crippen LogP contribution < -0.4 is 5.32 Å². The maximum absolute atomic E-state index is 14.3. The highest BCUT2D eigenvalue weighted by Gasteiger charge is 2.27. The van der Waals surface area contributed by atoms with Crippen molar-refractivity contribution in [3.63, 3.8) is 0 Å². The molecule has 1 heterocycles. The zero-order valence-corrected chi connectivity index (χ0v) is 14.5. The van der Waals surface area contributed by atoms with Crippen molar-refractivity contribution in [1.82, 2.24) is 15.1 Å². The molecule has 0 spiro atoms. The first-order chi connectivity index (χ1) is 10.5. The number of hydrogen-bond acceptors (Lipinski definition) is 3. The highest BCUT2D eigenvalue weighted by Crippen LogP contribution is 2.29. The lowest BCUT2D eigenvalue weighted by Gasteiger charge is -2.41. The van der Waals surface area contributed by atoms with Crippen molar-refractivity contribution in [2.24, 2.45) is 0 Å². The third-order valence-electron chi connectivity index (χ3n) is 4.50. The summed E-state index contributed by atoms with van der Waals surface area (Å²) in [7, 11) is 1.93. The number of nitrogens with one attached hydrogen (secondary N) is 1. The Kier molecular flexibility index (Phi) is 6.63. The van der Waals surface area contributed by atoms with Crippen molar-refractivity contribution in [2.45, 2.75) is 32.4 Å². The Morgan fingerprint density at radius 3 is 2.41 bits per heavy atom. The summed E-state index contributed by atoms with van der Waals surface area (Å²) in [6.07, 6.45) is 0.884. The van der Waals surface area contributed by atoms with Crippen LogP contribution in [0, 0.1) is 5.82 Å². The average Bonchev–Trinajstić information content (AvgIpc) is 2.51. The van der Waals surface area contributed by atoms with E-state index >= 15 is 0 Å². The Balaban J connectivity index is 2.14. The van der Waals surface area contributed by atoms with Crippen LogP contribution in [0.2, 0.25) is 5.02 Å². The lowest BCUT2D eigenvalue weighted by molar-refractivity contribution is 0.0736. The first-order valence-corrected chi connectivity index (χ1v) is 8.48. The Hall–Kier alpha value is -0.680. The molecule has 1 aromatic rings. The molecule has 0 aromatic heterocycles. The van der Waals surface area contributed by atoms with E-state index in [1.54, 1.807) is 12.1 Å². The van der Waals surface area contributed by atoms with Gasteiger partial charge in [0.25, 0.3) is 0 Å². The molecule has 1 aliphatic heterocycles. The molecule has 3 nitrogen and oxygen atoms in total. The molecule has 0 radical (unpaired) electrons. The minimum absolute atomic E-state index is 0.0838. The van der Waals surface area contributed by atoms with Crippen LogP contribution >= 0.6 is 11.6 Å². The average molecular weight is 328 g/mol. The fourth-order valence-electron chi connectivity index (χ4n) is 3.15. The van der Waals surface area contributed by atoms with Crippen LogP contribution in [0.1, 0.15) is 31.9 Å². The summed E-state index contributed by atoms with van der Waals surface area (Å²) >= 11 is 6.09. The smallest absolute Gasteiger partial charge is 0.128 e. The predicted octanol–water partition coefficient (Wildman–Crippen LogP) is 3.16. The normalized spacial score (nSPS) is 18.8. The summed E-state index contributed by atoms with van der Waals surface area (Å²) < 4.78 is 14.3. The van der Waals surface area contributed by atoms with Gasteiger partial charge in [-0.25, -0.2) is 4.39 Å². The van der Waals surface area contributed by atoms with Crippen LogP contribution in [-0.4, -0.2) is 55.6 Å². The summed E-state index contributed by atoms with van der Waals surface area (Å²) in [6, 6.07) is 5.54. The van der Waals surface area contributed by atoms with Gasteiger partial charge in [0.15, 0.2) is 0 Å². The highest BCUT2D eigenvalue weighted by atomic mass is 35.5. The Morgan fingerprint density at radius 1 is 1.18 bits per heavy atom. The molecule has 1 fully saturated rings. The van der Waals surface area contributed by atoms with Crippen molar-refractivity contribution >= 4 is 11.6 Å². The highest BCUT2D eigenvalue weighted by molar-refractivity contribution is 6.30. The third kappa shape index (κ3) is 4.42. The van der Waals surface area contributed by atoms with Crippen LogP contribution in [0.4, 0.5) is 4.39 Å². The Morgan fingerprint density at radius 2 is 1.82 bits per heavy atom. The first-order valence-electron chi connectivity index (χ1n) is 8.10. The summed E-state index contributed by atoms with van der Waals surface area (Å²) in [5.41, 5.74) is 0.723. The van der Waals surface area contributed by atoms with E-state index in [0.29, 0.717) is 11.1 Å². The van der Waals surface area contributed by atoms with Gasteiger partial charge in [-0.15, -0.1) is 0 Å². The molecular weight excluding hydrogens is 301 g/mol. The van der Waals surface area contributed by atoms with Crippen molar-refractivity contribution in [3.8, 4) is 0 Å². The van der Waals surface area contributed by atoms with Gasteiger partial charge in [0.1, 0.15) is 5.82 Å². The van der Waals surface area contributed by atoms with E-state index < -0.39 is 0 Å². The van der Waals surface area contributed by atoms with E-state index in [9.17, 15) is 4.39 Å². The van der Waals surface area contributed by atoms with Gasteiger partial charge >= 0.3 is 0 Å². The fourth-order valence-corrected chi connectivity index (χ4v) is 3.33. The monoisotopic (exact) mass is 327 g/mol. The maximum atomic E-state index is 14.3. The molecule has 0 saturated carbocycles. The summed E-state index contributed by atoms with van der Waals surface area (Å²) in [6.45, 7) is 9.33. The SMILES string of the molecule is CNCC[C@@H](c1cc(Cl)ccc1F)N1CCN(C(C)C)CC1. The minimum Gasteiger partial charge on any atom is -0.320 e. The van der Waals surface area contributed by atoms with Gasteiger partial charge in [0.05, 0.1) is 0 Å². The summed E-state index contributed by atoms with van der Waals surface area (Å²) in [5.74, 6) is -0.156. The summed E-state index contributed by atoms with van der Waals surface area (Å²) in [4.78, 5) is 4.87. The van der Waals surface area contributed by atoms with Gasteiger partial charge in [-0.1, -0.05) is 11.6 Å². The minimum atomic E-state index is -0.156. The molecule has 124 valence electrons. The zero-order valence-electron chi connectivity index (χ0n) is 13.8. The molecule has 0 aliphatic carbocycles. The lowest BCUT2D eigenvalue weighted by Crippen LogP contribution is -2.50. The van der Waals surface area contributed by atoms with Crippen molar-refractivity contribution in [2.75, 3.05) is 39.8 Å². The van der Waals surface area contributed by atoms with Gasteiger partial charge in [-0.3, -0.25) is 9.80 Å². The van der Waals surface area contributed by atoms with Crippen LogP contribution in [0.25, 0.3) is 0 Å². The predicted molar refractivity (Wildman–Crippen MR) is 91.0 cm³/mol. The molecule has 5 heteroatoms. The molecule has 22 heavy (non-hydrogen) atoms. The molecule has 2 rings (SSSR count). The number of piperazine rings is 1. The molecule has 1 saturated heterocycles. The standard InChI is InChI=1S/C17H27ClFN3/c1-13(2)21-8-10-22(11-9-21)17(6-7-20-3)15-12-14(18)4-5-16(15)19/h4-5,12-13,17,20H,6-11H2,1-3H3/t17-/m0/s1. The lowest BCUT2D eigenvalue weighted by atomic mass is 10.00. The van der Waals surface area contributed by atoms with Crippen LogP contribution in [0.3, 0.4) is 0 Å². The van der Waals surface area contributed by atoms with E-state index in [4.69, 9.17) is 11.6 Å². The zero-order chi connectivity index (χ0) is 16.1. The fraction of sp³-hybridized carbons (Fsp3) is 0.647. The van der Waals surface area contributed by atoms with Gasteiger partial charge in [-0.2, -0.15) is 0 Å². The second-order valence-corrected chi connectivity index (χ2v) is 6.68. The molecule has 1 aromatic carbocycles. The molecule has 0 unspecified atom stereocenters. The number of nitrogens with zero attached hydrogens (tertiary/aromatic N) is 2. The Bertz CT molecular complexity index is 473. The van der Waals surface area contributed by atoms with E-state index in [1.807, 2.05) is 7.05 Å². The van der Waals surface area contributed by atoms with Crippen LogP contribution in [-0.2, 0) is 0 Å². The van der Waals surface area contributed by atoms with E-state index in [1.165, 1.54) is 6.07 Å². The number of halogens is 2. The molecule has 1 atom stereocenters. The number of benzene rings is 1. The van der Waals surface area contributed by atoms with Crippen LogP contribution in [0.5, 0.6) is 0 Å². The van der Waals surface area contributed by atoms with E-state index in [0.717, 1.165) is 44.7 Å². The van der Waals surface area contributed by atoms with Crippen molar-refractivity contribution in [3.05, 3.63) is 34.6 Å². The van der Waals surface area contributed by atoms with Crippen LogP contribution in [0.15, 0.2) is 18.2 Å². The first kappa shape index (κ1) is 17.7. The molecule has 1 N–H and O–H groups in total. The number of hydrogen-bond donors (Lipinski definition) is 1. The van der Waals surface area contributed by atoms with Gasteiger partial charge in [-0.05, 0) is 52.1 Å². The van der Waals surface area contributed by atoms with Gasteiger partial charge in [0.2, 0.25) is 0 Å². The third-order valence-corrected chi connectivity index (χ3v) is 4.74. The quantitative estimate of drug-likeness (QED) is 0.866. The van der Waals surface area contributed by atoms with Gasteiger partial charge in [0, 0.05) is 48.8 Å². The topological polar surface area (TPSA) is 18.5 Å². The van der Waals surface area contributed by atoms with E-state index in [2.05, 4.69) is 29.0 Å². The van der Waals surface area contributed by atoms with E-state index in [-0.39, 0.29) is 11.9 Å². The largest absolute Gasteiger partial charge is 0.320 e. The molecule has 1 aliphatic rings. The second-order valence-electron chi connectivity index (χ2n) is 6.24. The molecule has 0 bridgehead atoms. The molecule has 0 amide bonds. The summed E-state index contributed by atoms with van der Waals surface area (Å²) in [5, 5.41) is 3.78. The second kappa shape index (κ2) is 8.25. The maximum Gasteiger partial charge on any atom is 0.128 e. The van der Waals surface area contributed by atoms with Crippen molar-refractivity contribution in [1.29, 1.82) is 0 Å². The molecular formula is C17H27ClFN3.